The van der Waals surface area contributed by atoms with Crippen LogP contribution in [0.3, 0.4) is 0 Å². The van der Waals surface area contributed by atoms with Gasteiger partial charge < -0.3 is 9.88 Å². The molecule has 1 aliphatic heterocycles. The molecule has 1 saturated heterocycles. The first-order chi connectivity index (χ1) is 16.4. The Morgan fingerprint density at radius 2 is 1.91 bits per heavy atom. The van der Waals surface area contributed by atoms with E-state index in [2.05, 4.69) is 15.8 Å². The highest BCUT2D eigenvalue weighted by Crippen LogP contribution is 2.25. The third kappa shape index (κ3) is 5.60. The second kappa shape index (κ2) is 10.8. The molecule has 4 rings (SSSR count). The van der Waals surface area contributed by atoms with E-state index in [9.17, 15) is 18.8 Å². The summed E-state index contributed by atoms with van der Waals surface area (Å²) in [5.74, 6) is -0.501. The summed E-state index contributed by atoms with van der Waals surface area (Å²) in [6.07, 6.45) is 4.67. The summed E-state index contributed by atoms with van der Waals surface area (Å²) in [5, 5.41) is 0.382. The van der Waals surface area contributed by atoms with Crippen molar-refractivity contribution in [1.29, 1.82) is 0 Å². The van der Waals surface area contributed by atoms with Gasteiger partial charge in [-0.15, -0.1) is 0 Å². The SMILES string of the molecule is CN(CCCCCC1CC(c2cccc(F)c2)NN1)C(=O)Cn1c(=O)[nH]c2ccccc2c1=O. The molecule has 9 heteroatoms. The summed E-state index contributed by atoms with van der Waals surface area (Å²) in [6.45, 7) is 0.274. The van der Waals surface area contributed by atoms with Gasteiger partial charge in [0.05, 0.1) is 10.9 Å². The number of carbonyl (C=O) groups excluding carboxylic acids is 1. The number of rotatable bonds is 9. The van der Waals surface area contributed by atoms with Crippen LogP contribution in [0, 0.1) is 5.82 Å². The van der Waals surface area contributed by atoms with E-state index in [4.69, 9.17) is 0 Å². The number of H-pyrrole nitrogens is 1. The van der Waals surface area contributed by atoms with Crippen molar-refractivity contribution in [1.82, 2.24) is 25.3 Å². The van der Waals surface area contributed by atoms with E-state index in [1.165, 1.54) is 6.07 Å². The summed E-state index contributed by atoms with van der Waals surface area (Å²) in [5.41, 5.74) is 6.89. The van der Waals surface area contributed by atoms with Crippen LogP contribution in [-0.4, -0.2) is 40.0 Å². The van der Waals surface area contributed by atoms with Gasteiger partial charge in [-0.2, -0.15) is 0 Å². The Hall–Kier alpha value is -3.30. The molecule has 0 bridgehead atoms. The van der Waals surface area contributed by atoms with Gasteiger partial charge in [0.2, 0.25) is 5.91 Å². The van der Waals surface area contributed by atoms with Gasteiger partial charge >= 0.3 is 5.69 Å². The van der Waals surface area contributed by atoms with Gasteiger partial charge in [0, 0.05) is 25.7 Å². The van der Waals surface area contributed by atoms with Gasteiger partial charge in [-0.05, 0) is 49.1 Å². The van der Waals surface area contributed by atoms with Crippen molar-refractivity contribution in [3.05, 3.63) is 80.7 Å². The second-order valence-corrected chi connectivity index (χ2v) is 8.86. The summed E-state index contributed by atoms with van der Waals surface area (Å²) < 4.78 is 14.4. The van der Waals surface area contributed by atoms with Gasteiger partial charge in [-0.25, -0.2) is 9.18 Å². The molecule has 1 fully saturated rings. The van der Waals surface area contributed by atoms with Crippen LogP contribution in [0.15, 0.2) is 58.1 Å². The molecule has 0 radical (unpaired) electrons. The van der Waals surface area contributed by atoms with E-state index in [1.54, 1.807) is 48.3 Å². The molecule has 1 aliphatic rings. The third-order valence-corrected chi connectivity index (χ3v) is 6.39. The first kappa shape index (κ1) is 23.8. The number of halogens is 1. The van der Waals surface area contributed by atoms with E-state index in [0.717, 1.165) is 42.2 Å². The number of unbranched alkanes of at least 4 members (excludes halogenated alkanes) is 2. The maximum Gasteiger partial charge on any atom is 0.329 e. The van der Waals surface area contributed by atoms with Crippen molar-refractivity contribution < 1.29 is 9.18 Å². The lowest BCUT2D eigenvalue weighted by Gasteiger charge is -2.18. The quantitative estimate of drug-likeness (QED) is 0.420. The largest absolute Gasteiger partial charge is 0.344 e. The molecular formula is C25H30FN5O3. The van der Waals surface area contributed by atoms with Crippen molar-refractivity contribution in [2.75, 3.05) is 13.6 Å². The van der Waals surface area contributed by atoms with Crippen molar-refractivity contribution in [3.8, 4) is 0 Å². The minimum Gasteiger partial charge on any atom is -0.344 e. The summed E-state index contributed by atoms with van der Waals surface area (Å²) in [7, 11) is 1.69. The molecule has 1 amide bonds. The van der Waals surface area contributed by atoms with Gasteiger partial charge in [0.1, 0.15) is 12.4 Å². The van der Waals surface area contributed by atoms with Crippen LogP contribution in [0.4, 0.5) is 4.39 Å². The topological polar surface area (TPSA) is 99.2 Å². The fraction of sp³-hybridized carbons (Fsp3) is 0.400. The smallest absolute Gasteiger partial charge is 0.329 e. The van der Waals surface area contributed by atoms with E-state index in [-0.39, 0.29) is 24.3 Å². The van der Waals surface area contributed by atoms with E-state index in [1.807, 2.05) is 6.07 Å². The Bertz CT molecular complexity index is 1270. The number of hydrogen-bond donors (Lipinski definition) is 3. The summed E-state index contributed by atoms with van der Waals surface area (Å²) >= 11 is 0. The lowest BCUT2D eigenvalue weighted by molar-refractivity contribution is -0.130. The van der Waals surface area contributed by atoms with Gasteiger partial charge in [-0.1, -0.05) is 37.1 Å². The zero-order chi connectivity index (χ0) is 24.1. The highest BCUT2D eigenvalue weighted by molar-refractivity contribution is 5.78. The van der Waals surface area contributed by atoms with Gasteiger partial charge in [-0.3, -0.25) is 25.0 Å². The van der Waals surface area contributed by atoms with Crippen molar-refractivity contribution in [3.63, 3.8) is 0 Å². The first-order valence-corrected chi connectivity index (χ1v) is 11.6. The maximum absolute atomic E-state index is 13.4. The van der Waals surface area contributed by atoms with E-state index >= 15 is 0 Å². The van der Waals surface area contributed by atoms with E-state index < -0.39 is 11.2 Å². The molecule has 3 N–H and O–H groups in total. The van der Waals surface area contributed by atoms with Gasteiger partial charge in [0.25, 0.3) is 5.56 Å². The Balaban J connectivity index is 1.19. The zero-order valence-corrected chi connectivity index (χ0v) is 19.2. The van der Waals surface area contributed by atoms with E-state index in [0.29, 0.717) is 23.5 Å². The monoisotopic (exact) mass is 467 g/mol. The van der Waals surface area contributed by atoms with Crippen LogP contribution in [0.2, 0.25) is 0 Å². The number of fused-ring (bicyclic) bond motifs is 1. The predicted octanol–water partition coefficient (Wildman–Crippen LogP) is 2.46. The normalized spacial score (nSPS) is 17.8. The summed E-state index contributed by atoms with van der Waals surface area (Å²) in [6, 6.07) is 13.8. The molecule has 2 atom stereocenters. The minimum atomic E-state index is -0.584. The van der Waals surface area contributed by atoms with Crippen LogP contribution in [-0.2, 0) is 11.3 Å². The number of hydrogen-bond acceptors (Lipinski definition) is 5. The predicted molar refractivity (Wildman–Crippen MR) is 129 cm³/mol. The molecule has 0 spiro atoms. The molecule has 2 aromatic carbocycles. The molecule has 0 saturated carbocycles. The standard InChI is InChI=1S/C25H30FN5O3/c1-30(23(32)16-31-24(33)20-11-4-5-12-21(20)27-25(31)34)13-6-2-3-10-19-15-22(29-28-19)17-8-7-9-18(26)14-17/h4-5,7-9,11-12,14,19,22,28-29H,2-3,6,10,13,15-16H2,1H3,(H,27,34). The average molecular weight is 468 g/mol. The highest BCUT2D eigenvalue weighted by Gasteiger charge is 2.24. The molecule has 2 heterocycles. The van der Waals surface area contributed by atoms with Crippen LogP contribution in [0.5, 0.6) is 0 Å². The number of amides is 1. The molecule has 0 aliphatic carbocycles. The lowest BCUT2D eigenvalue weighted by Crippen LogP contribution is -2.41. The highest BCUT2D eigenvalue weighted by atomic mass is 19.1. The van der Waals surface area contributed by atoms with Crippen molar-refractivity contribution >= 4 is 16.8 Å². The average Bonchev–Trinajstić information content (AvgIpc) is 3.30. The molecule has 2 unspecified atom stereocenters. The Morgan fingerprint density at radius 1 is 1.09 bits per heavy atom. The molecule has 34 heavy (non-hydrogen) atoms. The number of para-hydroxylation sites is 1. The first-order valence-electron chi connectivity index (χ1n) is 11.6. The molecular weight excluding hydrogens is 437 g/mol. The van der Waals surface area contributed by atoms with Crippen LogP contribution >= 0.6 is 0 Å². The Morgan fingerprint density at radius 3 is 2.74 bits per heavy atom. The number of nitrogens with zero attached hydrogens (tertiary/aromatic N) is 2. The summed E-state index contributed by atoms with van der Waals surface area (Å²) in [4.78, 5) is 41.7. The molecule has 3 aromatic rings. The lowest BCUT2D eigenvalue weighted by atomic mass is 9.99. The number of benzene rings is 2. The van der Waals surface area contributed by atoms with Crippen LogP contribution < -0.4 is 22.1 Å². The van der Waals surface area contributed by atoms with Crippen molar-refractivity contribution in [2.24, 2.45) is 0 Å². The molecule has 180 valence electrons. The zero-order valence-electron chi connectivity index (χ0n) is 19.2. The van der Waals surface area contributed by atoms with Crippen LogP contribution in [0.1, 0.15) is 43.7 Å². The number of carbonyl (C=O) groups is 1. The second-order valence-electron chi connectivity index (χ2n) is 8.86. The third-order valence-electron chi connectivity index (χ3n) is 6.39. The number of aromatic amines is 1. The van der Waals surface area contributed by atoms with Crippen molar-refractivity contribution in [2.45, 2.75) is 50.7 Å². The Kier molecular flexibility index (Phi) is 7.54. The molecule has 8 nitrogen and oxygen atoms in total. The fourth-order valence-corrected chi connectivity index (χ4v) is 4.39. The number of aromatic nitrogens is 2. The van der Waals surface area contributed by atoms with Gasteiger partial charge in [0.15, 0.2) is 0 Å². The fourth-order valence-electron chi connectivity index (χ4n) is 4.39. The number of nitrogens with one attached hydrogen (secondary N) is 3. The number of hydrazine groups is 1. The van der Waals surface area contributed by atoms with Crippen LogP contribution in [0.25, 0.3) is 10.9 Å². The maximum atomic E-state index is 13.4. The Labute approximate surface area is 196 Å². The number of likely N-dealkylation sites (N-methyl/N-ethyl adjacent to an activating group) is 1. The minimum absolute atomic E-state index is 0.103. The molecule has 1 aromatic heterocycles.